The van der Waals surface area contributed by atoms with Gasteiger partial charge in [0.15, 0.2) is 16.1 Å². The van der Waals surface area contributed by atoms with Crippen LogP contribution in [-0.2, 0) is 40.5 Å². The molecule has 0 radical (unpaired) electrons. The zero-order chi connectivity index (χ0) is 40.1. The van der Waals surface area contributed by atoms with Crippen molar-refractivity contribution in [1.82, 2.24) is 5.32 Å². The average Bonchev–Trinajstić information content (AvgIpc) is 3.21. The minimum Gasteiger partial charge on any atom is -0.726 e. The summed E-state index contributed by atoms with van der Waals surface area (Å²) in [5.74, 6) is -1.01. The molecule has 2 amide bonds. The van der Waals surface area contributed by atoms with Gasteiger partial charge in [0, 0.05) is 36.8 Å². The van der Waals surface area contributed by atoms with Gasteiger partial charge in [0.2, 0.25) is 10.4 Å². The van der Waals surface area contributed by atoms with E-state index in [9.17, 15) is 41.5 Å². The van der Waals surface area contributed by atoms with E-state index in [0.29, 0.717) is 29.5 Å². The lowest BCUT2D eigenvalue weighted by Gasteiger charge is -2.42. The van der Waals surface area contributed by atoms with E-state index in [0.717, 1.165) is 18.5 Å². The Hall–Kier alpha value is -3.65. The highest BCUT2D eigenvalue weighted by Gasteiger charge is 2.49. The summed E-state index contributed by atoms with van der Waals surface area (Å²) < 4.78 is 77.4. The Morgan fingerprint density at radius 2 is 1.75 bits per heavy atom. The number of aliphatic hydroxyl groups is 3. The molecule has 5 N–H and O–H groups in total. The molecule has 17 heteroatoms. The highest BCUT2D eigenvalue weighted by atomic mass is 32.3. The van der Waals surface area contributed by atoms with E-state index in [4.69, 9.17) is 9.47 Å². The Morgan fingerprint density at radius 3 is 2.40 bits per heavy atom. The third-order valence-electron chi connectivity index (χ3n) is 10.5. The third-order valence-corrected chi connectivity index (χ3v) is 12.9. The fourth-order valence-corrected chi connectivity index (χ4v) is 9.97. The monoisotopic (exact) mass is 804 g/mol. The maximum Gasteiger partial charge on any atom is 0.321 e. The molecule has 55 heavy (non-hydrogen) atoms. The Bertz CT molecular complexity index is 2000. The van der Waals surface area contributed by atoms with Crippen LogP contribution in [0.4, 0.5) is 16.2 Å². The predicted molar refractivity (Wildman–Crippen MR) is 203 cm³/mol. The van der Waals surface area contributed by atoms with Crippen LogP contribution in [0, 0.1) is 5.41 Å². The van der Waals surface area contributed by atoms with Gasteiger partial charge in [-0.15, -0.1) is 0 Å². The second-order valence-electron chi connectivity index (χ2n) is 14.4. The van der Waals surface area contributed by atoms with Gasteiger partial charge >= 0.3 is 6.03 Å². The number of ether oxygens (including phenoxy) is 2. The van der Waals surface area contributed by atoms with Crippen LogP contribution in [0.15, 0.2) is 77.7 Å². The van der Waals surface area contributed by atoms with Crippen LogP contribution < -0.4 is 15.5 Å². The van der Waals surface area contributed by atoms with Gasteiger partial charge in [0.25, 0.3) is 0 Å². The minimum absolute atomic E-state index is 0.0655. The lowest BCUT2D eigenvalue weighted by molar-refractivity contribution is -0.246. The first-order valence-corrected chi connectivity index (χ1v) is 21.1. The van der Waals surface area contributed by atoms with Gasteiger partial charge in [-0.25, -0.2) is 21.6 Å². The van der Waals surface area contributed by atoms with E-state index in [-0.39, 0.29) is 22.9 Å². The maximum absolute atomic E-state index is 14.0. The third kappa shape index (κ3) is 10.0. The summed E-state index contributed by atoms with van der Waals surface area (Å²) in [4.78, 5) is 15.5. The molecule has 3 aromatic rings. The quantitative estimate of drug-likeness (QED) is 0.117. The number of hydrogen-bond acceptors (Lipinski definition) is 13. The number of carbonyl (C=O) groups is 1. The number of aliphatic hydroxyl groups excluding tert-OH is 3. The Balaban J connectivity index is 1.43. The Morgan fingerprint density at radius 1 is 1.02 bits per heavy atom. The Kier molecular flexibility index (Phi) is 13.6. The van der Waals surface area contributed by atoms with Crippen molar-refractivity contribution in [1.29, 1.82) is 0 Å². The molecule has 3 aromatic carbocycles. The molecule has 1 saturated heterocycles. The number of rotatable bonds is 14. The van der Waals surface area contributed by atoms with Gasteiger partial charge in [-0.3, -0.25) is 4.18 Å². The summed E-state index contributed by atoms with van der Waals surface area (Å²) in [6, 6.07) is 19.7. The van der Waals surface area contributed by atoms with E-state index in [2.05, 4.69) is 14.8 Å². The molecule has 2 heterocycles. The van der Waals surface area contributed by atoms with Crippen LogP contribution in [0.2, 0.25) is 0 Å². The summed E-state index contributed by atoms with van der Waals surface area (Å²) in [7, 11) is -5.33. The molecule has 0 aromatic heterocycles. The van der Waals surface area contributed by atoms with Gasteiger partial charge < -0.3 is 44.9 Å². The molecule has 302 valence electrons. The predicted octanol–water partition coefficient (Wildman–Crippen LogP) is 3.25. The molecule has 0 bridgehead atoms. The van der Waals surface area contributed by atoms with Gasteiger partial charge in [-0.1, -0.05) is 69.2 Å². The summed E-state index contributed by atoms with van der Waals surface area (Å²) in [5, 5.41) is 39.6. The van der Waals surface area contributed by atoms with Crippen LogP contribution in [0.25, 0.3) is 0 Å². The SMILES string of the molecule is CCCC[C@]1(CC)CS(=O)(=O)c2ccc(N(C)C)cc2[C@@H](c2cccc(NC(=O)N[C@@H]3O[C@H](COS(=O)(=O)[O-])C(O)[C@H](OCc4ccccc4)C3O)c2)[C@H]1O. The van der Waals surface area contributed by atoms with Crippen molar-refractivity contribution in [2.75, 3.05) is 36.7 Å². The lowest BCUT2D eigenvalue weighted by atomic mass is 9.69. The first kappa shape index (κ1) is 42.5. The summed E-state index contributed by atoms with van der Waals surface area (Å²) in [5.41, 5.74) is 1.74. The molecule has 5 rings (SSSR count). The molecule has 1 fully saturated rings. The number of amides is 2. The molecule has 2 unspecified atom stereocenters. The number of unbranched alkanes of at least 4 members (excludes halogenated alkanes) is 1. The molecular weight excluding hydrogens is 755 g/mol. The second kappa shape index (κ2) is 17.7. The largest absolute Gasteiger partial charge is 0.726 e. The van der Waals surface area contributed by atoms with Crippen molar-refractivity contribution in [2.24, 2.45) is 5.41 Å². The van der Waals surface area contributed by atoms with E-state index < -0.39 is 81.0 Å². The highest BCUT2D eigenvalue weighted by Crippen LogP contribution is 2.49. The van der Waals surface area contributed by atoms with Crippen molar-refractivity contribution in [2.45, 2.75) is 93.7 Å². The molecule has 0 spiro atoms. The summed E-state index contributed by atoms with van der Waals surface area (Å²) in [6.07, 6.45) is -6.46. The van der Waals surface area contributed by atoms with Gasteiger partial charge in [0.05, 0.1) is 30.0 Å². The number of sulfone groups is 1. The van der Waals surface area contributed by atoms with Crippen LogP contribution in [0.3, 0.4) is 0 Å². The number of nitrogens with one attached hydrogen (secondary N) is 2. The van der Waals surface area contributed by atoms with E-state index in [1.54, 1.807) is 72.8 Å². The van der Waals surface area contributed by atoms with Gasteiger partial charge in [-0.2, -0.15) is 0 Å². The average molecular weight is 805 g/mol. The first-order valence-electron chi connectivity index (χ1n) is 18.2. The number of hydrogen-bond donors (Lipinski definition) is 5. The van der Waals surface area contributed by atoms with E-state index >= 15 is 0 Å². The molecule has 2 aliphatic rings. The molecule has 15 nitrogen and oxygen atoms in total. The smallest absolute Gasteiger partial charge is 0.321 e. The second-order valence-corrected chi connectivity index (χ2v) is 17.4. The highest BCUT2D eigenvalue weighted by molar-refractivity contribution is 7.91. The Labute approximate surface area is 322 Å². The number of benzene rings is 3. The fraction of sp³-hybridized carbons (Fsp3) is 0.500. The van der Waals surface area contributed by atoms with Crippen molar-refractivity contribution in [3.63, 3.8) is 0 Å². The topological polar surface area (TPSA) is 224 Å². The molecule has 8 atom stereocenters. The van der Waals surface area contributed by atoms with Crippen LogP contribution in [0.1, 0.15) is 62.1 Å². The van der Waals surface area contributed by atoms with Crippen molar-refractivity contribution >= 4 is 37.6 Å². The van der Waals surface area contributed by atoms with Crippen LogP contribution >= 0.6 is 0 Å². The lowest BCUT2D eigenvalue weighted by Crippen LogP contribution is -2.64. The zero-order valence-corrected chi connectivity index (χ0v) is 32.8. The number of nitrogens with zero attached hydrogens (tertiary/aromatic N) is 1. The summed E-state index contributed by atoms with van der Waals surface area (Å²) in [6.45, 7) is 2.92. The van der Waals surface area contributed by atoms with Crippen molar-refractivity contribution < 1.29 is 55.2 Å². The first-order chi connectivity index (χ1) is 26.0. The molecule has 2 aliphatic heterocycles. The molecular formula is C38H50N3O12S2-. The van der Waals surface area contributed by atoms with Gasteiger partial charge in [-0.05, 0) is 59.9 Å². The maximum atomic E-state index is 14.0. The molecule has 0 aliphatic carbocycles. The van der Waals surface area contributed by atoms with Crippen LogP contribution in [-0.4, -0.2) is 106 Å². The van der Waals surface area contributed by atoms with Gasteiger partial charge in [0.1, 0.15) is 24.4 Å². The number of anilines is 2. The molecule has 0 saturated carbocycles. The fourth-order valence-electron chi connectivity index (χ4n) is 7.42. The van der Waals surface area contributed by atoms with Crippen molar-refractivity contribution in [3.05, 3.63) is 89.5 Å². The standard InChI is InChI=1S/C38H51N3O12S2/c1-5-7-18-38(6-2)23-54(46,47)30-17-16-27(41(3)4)20-28(30)31(35(38)44)25-14-11-15-26(19-25)39-37(45)40-36-33(43)34(51-21-24-12-9-8-10-13-24)32(42)29(53-36)22-52-55(48,49)50/h8-17,19-20,29,31-36,42-44H,5-7,18,21-23H2,1-4H3,(H2,39,40,45)(H,48,49,50)/p-1/t29-,31-,32?,33?,34+,35-,36-,38-/m1/s1. The normalized spacial score (nSPS) is 27.7. The number of fused-ring (bicyclic) bond motifs is 1. The van der Waals surface area contributed by atoms with Crippen molar-refractivity contribution in [3.8, 4) is 0 Å². The zero-order valence-electron chi connectivity index (χ0n) is 31.2. The van der Waals surface area contributed by atoms with E-state index in [1.807, 2.05) is 32.8 Å². The van der Waals surface area contributed by atoms with E-state index in [1.165, 1.54) is 0 Å². The minimum atomic E-state index is -5.18. The number of carbonyl (C=O) groups excluding carboxylic acids is 1. The number of urea groups is 1. The summed E-state index contributed by atoms with van der Waals surface area (Å²) >= 11 is 0. The van der Waals surface area contributed by atoms with Crippen LogP contribution in [0.5, 0.6) is 0 Å².